The number of aromatic nitrogens is 1. The van der Waals surface area contributed by atoms with Gasteiger partial charge in [0.1, 0.15) is 5.82 Å². The van der Waals surface area contributed by atoms with Gasteiger partial charge in [-0.2, -0.15) is 4.99 Å². The van der Waals surface area contributed by atoms with Gasteiger partial charge in [0.15, 0.2) is 16.3 Å². The number of likely N-dealkylation sites (tertiary alicyclic amines) is 1. The standard InChI is InChI=1S/C23H21F3N4O3S/c24-16-5-3-15(4-6-16)12-27-13-18-14-30(22(34-18)28-21(31)29-9-1-2-10-29)17-7-8-19-20(11-17)33-23(25,26)32-19/h3-8,11,14,27H,1-2,9-10,12-13H2. The molecule has 2 aromatic carbocycles. The van der Waals surface area contributed by atoms with Crippen molar-refractivity contribution in [3.63, 3.8) is 0 Å². The fourth-order valence-electron chi connectivity index (χ4n) is 3.82. The lowest BCUT2D eigenvalue weighted by Gasteiger charge is -2.10. The molecule has 0 bridgehead atoms. The highest BCUT2D eigenvalue weighted by Crippen LogP contribution is 2.41. The monoisotopic (exact) mass is 490 g/mol. The first-order valence-corrected chi connectivity index (χ1v) is 11.6. The van der Waals surface area contributed by atoms with Crippen molar-refractivity contribution in [2.45, 2.75) is 32.2 Å². The van der Waals surface area contributed by atoms with Crippen molar-refractivity contribution in [2.24, 2.45) is 4.99 Å². The number of carbonyl (C=O) groups excluding carboxylic acids is 1. The van der Waals surface area contributed by atoms with Crippen molar-refractivity contribution >= 4 is 17.4 Å². The molecule has 2 amide bonds. The lowest BCUT2D eigenvalue weighted by Crippen LogP contribution is -2.27. The second-order valence-electron chi connectivity index (χ2n) is 7.97. The van der Waals surface area contributed by atoms with Crippen LogP contribution in [0.4, 0.5) is 18.0 Å². The van der Waals surface area contributed by atoms with Gasteiger partial charge in [0, 0.05) is 43.3 Å². The fourth-order valence-corrected chi connectivity index (χ4v) is 4.76. The molecule has 7 nitrogen and oxygen atoms in total. The Bertz CT molecular complexity index is 1270. The molecule has 2 aliphatic rings. The lowest BCUT2D eigenvalue weighted by molar-refractivity contribution is -0.286. The van der Waals surface area contributed by atoms with Crippen molar-refractivity contribution in [2.75, 3.05) is 13.1 Å². The Hall–Kier alpha value is -3.31. The van der Waals surface area contributed by atoms with Crippen LogP contribution in [-0.4, -0.2) is 34.9 Å². The van der Waals surface area contributed by atoms with E-state index in [0.29, 0.717) is 36.7 Å². The first-order chi connectivity index (χ1) is 16.4. The Labute approximate surface area is 197 Å². The molecule has 1 saturated heterocycles. The van der Waals surface area contributed by atoms with Gasteiger partial charge in [-0.3, -0.25) is 4.57 Å². The first kappa shape index (κ1) is 22.5. The molecule has 34 heavy (non-hydrogen) atoms. The van der Waals surface area contributed by atoms with E-state index in [0.717, 1.165) is 23.3 Å². The van der Waals surface area contributed by atoms with Crippen LogP contribution in [0.5, 0.6) is 11.5 Å². The third-order valence-corrected chi connectivity index (χ3v) is 6.46. The molecule has 3 aromatic rings. The van der Waals surface area contributed by atoms with Crippen LogP contribution in [0, 0.1) is 5.82 Å². The van der Waals surface area contributed by atoms with Gasteiger partial charge in [0.2, 0.25) is 0 Å². The lowest BCUT2D eigenvalue weighted by atomic mass is 10.2. The zero-order valence-electron chi connectivity index (χ0n) is 18.0. The van der Waals surface area contributed by atoms with Gasteiger partial charge in [-0.1, -0.05) is 23.5 Å². The summed E-state index contributed by atoms with van der Waals surface area (Å²) in [4.78, 5) is 20.0. The summed E-state index contributed by atoms with van der Waals surface area (Å²) in [6.45, 7) is 2.33. The number of hydrogen-bond donors (Lipinski definition) is 1. The van der Waals surface area contributed by atoms with E-state index in [2.05, 4.69) is 19.8 Å². The van der Waals surface area contributed by atoms with E-state index < -0.39 is 6.29 Å². The number of nitrogens with one attached hydrogen (secondary N) is 1. The number of amides is 2. The third kappa shape index (κ3) is 4.95. The molecule has 0 spiro atoms. The van der Waals surface area contributed by atoms with Crippen LogP contribution < -0.4 is 19.6 Å². The van der Waals surface area contributed by atoms with Crippen LogP contribution >= 0.6 is 11.3 Å². The highest BCUT2D eigenvalue weighted by molar-refractivity contribution is 7.09. The van der Waals surface area contributed by atoms with Gasteiger partial charge in [-0.25, -0.2) is 9.18 Å². The summed E-state index contributed by atoms with van der Waals surface area (Å²) in [6.07, 6.45) is -0.0238. The Morgan fingerprint density at radius 1 is 1.06 bits per heavy atom. The summed E-state index contributed by atoms with van der Waals surface area (Å²) in [7, 11) is 0. The van der Waals surface area contributed by atoms with Crippen LogP contribution in [0.1, 0.15) is 23.3 Å². The molecule has 0 aliphatic carbocycles. The molecule has 3 heterocycles. The maximum Gasteiger partial charge on any atom is 0.586 e. The van der Waals surface area contributed by atoms with Gasteiger partial charge in [-0.15, -0.1) is 8.78 Å². The van der Waals surface area contributed by atoms with E-state index >= 15 is 0 Å². The van der Waals surface area contributed by atoms with E-state index in [1.165, 1.54) is 35.6 Å². The number of benzene rings is 2. The Morgan fingerprint density at radius 2 is 1.79 bits per heavy atom. The SMILES string of the molecule is O=C(N=c1sc(CNCc2ccc(F)cc2)cn1-c1ccc2c(c1)OC(F)(F)O2)N1CCCC1. The van der Waals surface area contributed by atoms with Crippen molar-refractivity contribution in [3.05, 3.63) is 69.7 Å². The van der Waals surface area contributed by atoms with Crippen molar-refractivity contribution in [3.8, 4) is 17.2 Å². The molecule has 0 saturated carbocycles. The number of thiazole rings is 1. The molecule has 11 heteroatoms. The minimum absolute atomic E-state index is 0.0580. The largest absolute Gasteiger partial charge is 0.586 e. The summed E-state index contributed by atoms with van der Waals surface area (Å²) < 4.78 is 50.7. The predicted octanol–water partition coefficient (Wildman–Crippen LogP) is 4.41. The molecule has 1 aromatic heterocycles. The Kier molecular flexibility index (Phi) is 6.05. The molecule has 1 fully saturated rings. The summed E-state index contributed by atoms with van der Waals surface area (Å²) >= 11 is 1.32. The molecule has 1 N–H and O–H groups in total. The van der Waals surface area contributed by atoms with Crippen LogP contribution in [-0.2, 0) is 13.1 Å². The van der Waals surface area contributed by atoms with E-state index in [1.54, 1.807) is 33.9 Å². The van der Waals surface area contributed by atoms with Crippen LogP contribution in [0.15, 0.2) is 53.7 Å². The third-order valence-electron chi connectivity index (χ3n) is 5.47. The number of hydrogen-bond acceptors (Lipinski definition) is 5. The zero-order valence-corrected chi connectivity index (χ0v) is 18.8. The fraction of sp³-hybridized carbons (Fsp3) is 0.304. The summed E-state index contributed by atoms with van der Waals surface area (Å²) in [6, 6.07) is 10.3. The average molecular weight is 491 g/mol. The van der Waals surface area contributed by atoms with Crippen LogP contribution in [0.2, 0.25) is 0 Å². The summed E-state index contributed by atoms with van der Waals surface area (Å²) in [5, 5.41) is 3.28. The average Bonchev–Trinajstić information content (AvgIpc) is 3.52. The minimum Gasteiger partial charge on any atom is -0.395 e. The normalized spacial score (nSPS) is 16.9. The topological polar surface area (TPSA) is 68.1 Å². The zero-order chi connectivity index (χ0) is 23.7. The van der Waals surface area contributed by atoms with Crippen molar-refractivity contribution < 1.29 is 27.4 Å². The Balaban J connectivity index is 1.41. The number of nitrogens with zero attached hydrogens (tertiary/aromatic N) is 3. The highest BCUT2D eigenvalue weighted by Gasteiger charge is 2.43. The molecule has 0 atom stereocenters. The number of alkyl halides is 2. The summed E-state index contributed by atoms with van der Waals surface area (Å²) in [5.74, 6) is -0.440. The highest BCUT2D eigenvalue weighted by atomic mass is 32.1. The molecular formula is C23H21F3N4O3S. The Morgan fingerprint density at radius 3 is 2.56 bits per heavy atom. The van der Waals surface area contributed by atoms with E-state index in [4.69, 9.17) is 0 Å². The van der Waals surface area contributed by atoms with E-state index in [9.17, 15) is 18.0 Å². The smallest absolute Gasteiger partial charge is 0.395 e. The number of rotatable bonds is 5. The van der Waals surface area contributed by atoms with Crippen LogP contribution in [0.25, 0.3) is 5.69 Å². The maximum atomic E-state index is 13.5. The quantitative estimate of drug-likeness (QED) is 0.576. The second kappa shape index (κ2) is 9.15. The summed E-state index contributed by atoms with van der Waals surface area (Å²) in [5.41, 5.74) is 1.44. The molecule has 2 aliphatic heterocycles. The van der Waals surface area contributed by atoms with E-state index in [-0.39, 0.29) is 23.3 Å². The van der Waals surface area contributed by atoms with Gasteiger partial charge < -0.3 is 19.7 Å². The number of carbonyl (C=O) groups is 1. The van der Waals surface area contributed by atoms with Gasteiger partial charge >= 0.3 is 12.3 Å². The molecule has 0 unspecified atom stereocenters. The number of fused-ring (bicyclic) bond motifs is 1. The molecule has 0 radical (unpaired) electrons. The molecular weight excluding hydrogens is 469 g/mol. The maximum absolute atomic E-state index is 13.5. The first-order valence-electron chi connectivity index (χ1n) is 10.8. The van der Waals surface area contributed by atoms with Crippen LogP contribution in [0.3, 0.4) is 0 Å². The molecule has 178 valence electrons. The van der Waals surface area contributed by atoms with E-state index in [1.807, 2.05) is 0 Å². The number of urea groups is 1. The van der Waals surface area contributed by atoms with Gasteiger partial charge in [0.05, 0.1) is 5.69 Å². The minimum atomic E-state index is -3.71. The number of ether oxygens (including phenoxy) is 2. The van der Waals surface area contributed by atoms with Crippen molar-refractivity contribution in [1.82, 2.24) is 14.8 Å². The second-order valence-corrected chi connectivity index (χ2v) is 9.06. The van der Waals surface area contributed by atoms with Crippen molar-refractivity contribution in [1.29, 1.82) is 0 Å². The van der Waals surface area contributed by atoms with Gasteiger partial charge in [-0.05, 0) is 42.7 Å². The predicted molar refractivity (Wildman–Crippen MR) is 119 cm³/mol. The number of halogens is 3. The van der Waals surface area contributed by atoms with Gasteiger partial charge in [0.25, 0.3) is 0 Å². The molecule has 5 rings (SSSR count).